The van der Waals surface area contributed by atoms with Crippen LogP contribution >= 0.6 is 0 Å². The van der Waals surface area contributed by atoms with E-state index in [2.05, 4.69) is 22.1 Å². The summed E-state index contributed by atoms with van der Waals surface area (Å²) in [6, 6.07) is 15.4. The molecule has 20 heavy (non-hydrogen) atoms. The zero-order chi connectivity index (χ0) is 16.0. The Labute approximate surface area is 122 Å². The molecule has 2 aromatic heterocycles. The Hall–Kier alpha value is -2.48. The van der Waals surface area contributed by atoms with Gasteiger partial charge in [-0.1, -0.05) is 30.3 Å². The summed E-state index contributed by atoms with van der Waals surface area (Å²) in [5.74, 6) is 0. The monoisotopic (exact) mass is 261 g/mol. The van der Waals surface area contributed by atoms with Gasteiger partial charge in [0, 0.05) is 33.6 Å². The molecule has 0 saturated heterocycles. The quantitative estimate of drug-likeness (QED) is 0.517. The van der Waals surface area contributed by atoms with Crippen molar-refractivity contribution in [1.29, 1.82) is 0 Å². The zero-order valence-electron chi connectivity index (χ0n) is 13.8. The number of fused-ring (bicyclic) bond motifs is 3. The van der Waals surface area contributed by atoms with Crippen molar-refractivity contribution in [2.45, 2.75) is 13.3 Å². The molecule has 0 saturated carbocycles. The second kappa shape index (κ2) is 4.27. The molecule has 1 aliphatic rings. The van der Waals surface area contributed by atoms with E-state index < -0.39 is 6.85 Å². The van der Waals surface area contributed by atoms with Crippen molar-refractivity contribution in [3.63, 3.8) is 0 Å². The molecule has 0 unspecified atom stereocenters. The van der Waals surface area contributed by atoms with Crippen LogP contribution in [0.3, 0.4) is 0 Å². The molecule has 0 N–H and O–H groups in total. The third-order valence-corrected chi connectivity index (χ3v) is 3.73. The zero-order valence-corrected chi connectivity index (χ0v) is 10.8. The third kappa shape index (κ3) is 1.65. The maximum Gasteiger partial charge on any atom is 0.0705 e. The molecule has 96 valence electrons. The SMILES string of the molecule is [2H]C([2H])([2H])c1ccc2c(n1)Cc1c(-c3ccccn3)cccc1-2. The molecular weight excluding hydrogens is 244 g/mol. The van der Waals surface area contributed by atoms with Crippen molar-refractivity contribution < 1.29 is 4.11 Å². The van der Waals surface area contributed by atoms with Crippen LogP contribution in [0.1, 0.15) is 21.1 Å². The average molecular weight is 261 g/mol. The number of aryl methyl sites for hydroxylation is 1. The summed E-state index contributed by atoms with van der Waals surface area (Å²) in [4.78, 5) is 8.83. The molecule has 0 radical (unpaired) electrons. The number of hydrogen-bond acceptors (Lipinski definition) is 2. The van der Waals surface area contributed by atoms with E-state index in [0.29, 0.717) is 6.42 Å². The summed E-state index contributed by atoms with van der Waals surface area (Å²) in [7, 11) is 0. The first-order chi connectivity index (χ1) is 11.0. The number of aromatic nitrogens is 2. The first-order valence-electron chi connectivity index (χ1n) is 8.08. The Balaban J connectivity index is 1.85. The lowest BCUT2D eigenvalue weighted by molar-refractivity contribution is 1.07. The predicted molar refractivity (Wildman–Crippen MR) is 80.4 cm³/mol. The van der Waals surface area contributed by atoms with Crippen LogP contribution in [0, 0.1) is 6.85 Å². The highest BCUT2D eigenvalue weighted by Gasteiger charge is 2.22. The third-order valence-electron chi connectivity index (χ3n) is 3.73. The van der Waals surface area contributed by atoms with Crippen LogP contribution in [0.15, 0.2) is 54.7 Å². The van der Waals surface area contributed by atoms with Crippen LogP contribution in [0.5, 0.6) is 0 Å². The van der Waals surface area contributed by atoms with Crippen molar-refractivity contribution >= 4 is 0 Å². The summed E-state index contributed by atoms with van der Waals surface area (Å²) in [6.45, 7) is -2.17. The molecular formula is C18H14N2. The van der Waals surface area contributed by atoms with E-state index in [0.717, 1.165) is 33.6 Å². The highest BCUT2D eigenvalue weighted by Crippen LogP contribution is 2.40. The maximum atomic E-state index is 7.53. The molecule has 0 atom stereocenters. The normalized spacial score (nSPS) is 14.9. The van der Waals surface area contributed by atoms with E-state index in [1.165, 1.54) is 0 Å². The van der Waals surface area contributed by atoms with Gasteiger partial charge in [-0.15, -0.1) is 0 Å². The molecule has 1 aromatic carbocycles. The lowest BCUT2D eigenvalue weighted by Gasteiger charge is -2.07. The molecule has 0 amide bonds. The second-order valence-electron chi connectivity index (χ2n) is 4.91. The van der Waals surface area contributed by atoms with Gasteiger partial charge in [0.15, 0.2) is 0 Å². The largest absolute Gasteiger partial charge is 0.257 e. The Bertz CT molecular complexity index is 887. The van der Waals surface area contributed by atoms with Crippen LogP contribution in [-0.4, -0.2) is 9.97 Å². The van der Waals surface area contributed by atoms with Crippen molar-refractivity contribution in [3.05, 3.63) is 71.7 Å². The first-order valence-corrected chi connectivity index (χ1v) is 6.58. The van der Waals surface area contributed by atoms with Crippen molar-refractivity contribution in [2.75, 3.05) is 0 Å². The minimum atomic E-state index is -2.17. The van der Waals surface area contributed by atoms with Crippen molar-refractivity contribution in [3.8, 4) is 22.4 Å². The van der Waals surface area contributed by atoms with Crippen LogP contribution in [0.25, 0.3) is 22.4 Å². The molecule has 2 nitrogen and oxygen atoms in total. The molecule has 2 heterocycles. The highest BCUT2D eigenvalue weighted by atomic mass is 14.7. The summed E-state index contributed by atoms with van der Waals surface area (Å²) >= 11 is 0. The molecule has 4 rings (SSSR count). The van der Waals surface area contributed by atoms with Gasteiger partial charge in [0.1, 0.15) is 0 Å². The van der Waals surface area contributed by atoms with Crippen LogP contribution in [0.4, 0.5) is 0 Å². The molecule has 2 heteroatoms. The number of nitrogens with zero attached hydrogens (tertiary/aromatic N) is 2. The number of pyridine rings is 2. The van der Waals surface area contributed by atoms with Gasteiger partial charge in [-0.25, -0.2) is 0 Å². The number of rotatable bonds is 1. The smallest absolute Gasteiger partial charge is 0.0705 e. The van der Waals surface area contributed by atoms with E-state index >= 15 is 0 Å². The van der Waals surface area contributed by atoms with Crippen LogP contribution < -0.4 is 0 Å². The van der Waals surface area contributed by atoms with E-state index in [4.69, 9.17) is 4.11 Å². The van der Waals surface area contributed by atoms with Crippen LogP contribution in [0.2, 0.25) is 0 Å². The maximum absolute atomic E-state index is 7.53. The molecule has 0 spiro atoms. The Morgan fingerprint density at radius 2 is 1.90 bits per heavy atom. The first kappa shape index (κ1) is 8.64. The van der Waals surface area contributed by atoms with Gasteiger partial charge in [-0.05, 0) is 36.2 Å². The standard InChI is InChI=1S/C18H14N2/c1-12-8-9-15-13-5-4-6-14(16(13)11-18(15)20-12)17-7-2-3-10-19-17/h2-10H,11H2,1H3/i1D3. The number of hydrogen-bond donors (Lipinski definition) is 0. The summed E-state index contributed by atoms with van der Waals surface area (Å²) in [5.41, 5.74) is 6.29. The predicted octanol–water partition coefficient (Wildman–Crippen LogP) is 4.02. The van der Waals surface area contributed by atoms with E-state index in [1.54, 1.807) is 12.3 Å². The minimum Gasteiger partial charge on any atom is -0.257 e. The Morgan fingerprint density at radius 1 is 0.950 bits per heavy atom. The van der Waals surface area contributed by atoms with Gasteiger partial charge in [0.25, 0.3) is 0 Å². The molecule has 0 bridgehead atoms. The van der Waals surface area contributed by atoms with Crippen LogP contribution in [-0.2, 0) is 6.42 Å². The Morgan fingerprint density at radius 3 is 2.75 bits per heavy atom. The minimum absolute atomic E-state index is 0.156. The lowest BCUT2D eigenvalue weighted by Crippen LogP contribution is -1.91. The van der Waals surface area contributed by atoms with E-state index in [-0.39, 0.29) is 5.69 Å². The van der Waals surface area contributed by atoms with Crippen molar-refractivity contribution in [2.24, 2.45) is 0 Å². The summed E-state index contributed by atoms with van der Waals surface area (Å²) in [5, 5.41) is 0. The average Bonchev–Trinajstić information content (AvgIpc) is 2.92. The molecule has 1 aliphatic carbocycles. The van der Waals surface area contributed by atoms with Gasteiger partial charge >= 0.3 is 0 Å². The van der Waals surface area contributed by atoms with Gasteiger partial charge in [-0.2, -0.15) is 0 Å². The van der Waals surface area contributed by atoms with E-state index in [1.807, 2.05) is 30.3 Å². The molecule has 0 aliphatic heterocycles. The Kier molecular flexibility index (Phi) is 1.85. The highest BCUT2D eigenvalue weighted by molar-refractivity contribution is 5.83. The summed E-state index contributed by atoms with van der Waals surface area (Å²) < 4.78 is 22.6. The topological polar surface area (TPSA) is 25.8 Å². The lowest BCUT2D eigenvalue weighted by atomic mass is 9.99. The molecule has 3 aromatic rings. The van der Waals surface area contributed by atoms with Gasteiger partial charge < -0.3 is 0 Å². The fourth-order valence-corrected chi connectivity index (χ4v) is 2.84. The second-order valence-corrected chi connectivity index (χ2v) is 4.91. The van der Waals surface area contributed by atoms with Gasteiger partial charge in [0.2, 0.25) is 0 Å². The van der Waals surface area contributed by atoms with Gasteiger partial charge in [-0.3, -0.25) is 9.97 Å². The van der Waals surface area contributed by atoms with Crippen molar-refractivity contribution in [1.82, 2.24) is 9.97 Å². The molecule has 0 fully saturated rings. The fraction of sp³-hybridized carbons (Fsp3) is 0.111. The van der Waals surface area contributed by atoms with E-state index in [9.17, 15) is 0 Å². The fourth-order valence-electron chi connectivity index (χ4n) is 2.84. The van der Waals surface area contributed by atoms with Gasteiger partial charge in [0.05, 0.1) is 11.4 Å². The number of benzene rings is 1. The summed E-state index contributed by atoms with van der Waals surface area (Å²) in [6.07, 6.45) is 2.42.